The van der Waals surface area contributed by atoms with Gasteiger partial charge in [-0.2, -0.15) is 13.2 Å². The summed E-state index contributed by atoms with van der Waals surface area (Å²) in [6.07, 6.45) is -3.51. The molecule has 1 heterocycles. The highest BCUT2D eigenvalue weighted by atomic mass is 19.4. The van der Waals surface area contributed by atoms with Crippen molar-refractivity contribution >= 4 is 17.5 Å². The van der Waals surface area contributed by atoms with Gasteiger partial charge < -0.3 is 9.64 Å². The number of hydrogen-bond acceptors (Lipinski definition) is 3. The number of halogens is 3. The Balaban J connectivity index is 1.94. The largest absolute Gasteiger partial charge is 0.494 e. The molecule has 0 N–H and O–H groups in total. The van der Waals surface area contributed by atoms with Crippen molar-refractivity contribution in [2.75, 3.05) is 24.7 Å². The quantitative estimate of drug-likeness (QED) is 0.718. The minimum absolute atomic E-state index is 0.0819. The van der Waals surface area contributed by atoms with E-state index in [1.807, 2.05) is 6.92 Å². The molecule has 1 fully saturated rings. The van der Waals surface area contributed by atoms with Crippen LogP contribution in [-0.4, -0.2) is 36.5 Å². The molecule has 0 saturated carbocycles. The van der Waals surface area contributed by atoms with Crippen LogP contribution in [0.4, 0.5) is 18.9 Å². The lowest BCUT2D eigenvalue weighted by atomic mass is 10.1. The zero-order valence-corrected chi connectivity index (χ0v) is 15.9. The van der Waals surface area contributed by atoms with Crippen LogP contribution in [0.1, 0.15) is 35.7 Å². The van der Waals surface area contributed by atoms with Gasteiger partial charge in [-0.25, -0.2) is 0 Å². The summed E-state index contributed by atoms with van der Waals surface area (Å²) < 4.78 is 44.8. The monoisotopic (exact) mass is 406 g/mol. The Kier molecular flexibility index (Phi) is 6.10. The highest BCUT2D eigenvalue weighted by Crippen LogP contribution is 2.32. The Morgan fingerprint density at radius 2 is 1.90 bits per heavy atom. The number of ether oxygens (including phenoxy) is 1. The first-order valence-electron chi connectivity index (χ1n) is 9.29. The summed E-state index contributed by atoms with van der Waals surface area (Å²) in [6.45, 7) is 2.67. The Bertz CT molecular complexity index is 881. The molecule has 2 amide bonds. The summed E-state index contributed by atoms with van der Waals surface area (Å²) in [5, 5.41) is 0. The SMILES string of the molecule is CCOc1ccc(C(=O)N(CN2CCCC2=O)c2cccc(C(F)(F)F)c2)cc1. The summed E-state index contributed by atoms with van der Waals surface area (Å²) in [7, 11) is 0. The van der Waals surface area contributed by atoms with Gasteiger partial charge in [0.2, 0.25) is 5.91 Å². The minimum atomic E-state index is -4.53. The van der Waals surface area contributed by atoms with Gasteiger partial charge in [0.1, 0.15) is 12.4 Å². The van der Waals surface area contributed by atoms with Crippen molar-refractivity contribution in [3.63, 3.8) is 0 Å². The highest BCUT2D eigenvalue weighted by molar-refractivity contribution is 6.06. The topological polar surface area (TPSA) is 49.9 Å². The lowest BCUT2D eigenvalue weighted by Gasteiger charge is -2.28. The fraction of sp³-hybridized carbons (Fsp3) is 0.333. The zero-order chi connectivity index (χ0) is 21.0. The van der Waals surface area contributed by atoms with E-state index in [0.29, 0.717) is 31.7 Å². The van der Waals surface area contributed by atoms with Crippen molar-refractivity contribution in [3.8, 4) is 5.75 Å². The third-order valence-electron chi connectivity index (χ3n) is 4.63. The maximum absolute atomic E-state index is 13.2. The first kappa shape index (κ1) is 20.7. The number of rotatable bonds is 6. The molecule has 3 rings (SSSR count). The van der Waals surface area contributed by atoms with E-state index in [1.165, 1.54) is 21.9 Å². The van der Waals surface area contributed by atoms with Gasteiger partial charge >= 0.3 is 6.18 Å². The van der Waals surface area contributed by atoms with Crippen molar-refractivity contribution in [2.24, 2.45) is 0 Å². The van der Waals surface area contributed by atoms with Crippen molar-refractivity contribution in [3.05, 3.63) is 59.7 Å². The molecule has 0 atom stereocenters. The number of carbonyl (C=O) groups excluding carboxylic acids is 2. The molecule has 0 radical (unpaired) electrons. The zero-order valence-electron chi connectivity index (χ0n) is 15.9. The average Bonchev–Trinajstić information content (AvgIpc) is 3.10. The Morgan fingerprint density at radius 3 is 2.48 bits per heavy atom. The molecule has 0 spiro atoms. The second-order valence-corrected chi connectivity index (χ2v) is 6.64. The first-order chi connectivity index (χ1) is 13.8. The van der Waals surface area contributed by atoms with Gasteiger partial charge in [-0.05, 0) is 55.8 Å². The highest BCUT2D eigenvalue weighted by Gasteiger charge is 2.32. The van der Waals surface area contributed by atoms with E-state index in [-0.39, 0.29) is 23.8 Å². The van der Waals surface area contributed by atoms with Gasteiger partial charge in [0.25, 0.3) is 5.91 Å². The lowest BCUT2D eigenvalue weighted by Crippen LogP contribution is -2.42. The van der Waals surface area contributed by atoms with E-state index in [2.05, 4.69) is 0 Å². The molecule has 1 aliphatic heterocycles. The average molecular weight is 406 g/mol. The second kappa shape index (κ2) is 8.55. The number of benzene rings is 2. The molecular weight excluding hydrogens is 385 g/mol. The van der Waals surface area contributed by atoms with E-state index in [4.69, 9.17) is 4.74 Å². The van der Waals surface area contributed by atoms with Crippen molar-refractivity contribution < 1.29 is 27.5 Å². The number of amides is 2. The van der Waals surface area contributed by atoms with Crippen LogP contribution in [0.25, 0.3) is 0 Å². The van der Waals surface area contributed by atoms with Gasteiger partial charge in [0.15, 0.2) is 0 Å². The fourth-order valence-electron chi connectivity index (χ4n) is 3.15. The predicted molar refractivity (Wildman–Crippen MR) is 102 cm³/mol. The predicted octanol–water partition coefficient (Wildman–Crippen LogP) is 4.33. The summed E-state index contributed by atoms with van der Waals surface area (Å²) in [5.41, 5.74) is -0.483. The molecule has 2 aromatic carbocycles. The van der Waals surface area contributed by atoms with Crippen LogP contribution in [0.3, 0.4) is 0 Å². The van der Waals surface area contributed by atoms with Crippen molar-refractivity contribution in [1.29, 1.82) is 0 Å². The van der Waals surface area contributed by atoms with Crippen LogP contribution in [0, 0.1) is 0 Å². The smallest absolute Gasteiger partial charge is 0.416 e. The normalized spacial score (nSPS) is 14.2. The van der Waals surface area contributed by atoms with E-state index >= 15 is 0 Å². The van der Waals surface area contributed by atoms with Crippen LogP contribution in [-0.2, 0) is 11.0 Å². The van der Waals surface area contributed by atoms with E-state index in [1.54, 1.807) is 24.3 Å². The molecule has 8 heteroatoms. The maximum atomic E-state index is 13.2. The Hall–Kier alpha value is -3.03. The number of alkyl halides is 3. The van der Waals surface area contributed by atoms with Gasteiger partial charge in [0.05, 0.1) is 12.2 Å². The third-order valence-corrected chi connectivity index (χ3v) is 4.63. The van der Waals surface area contributed by atoms with Gasteiger partial charge in [-0.15, -0.1) is 0 Å². The number of hydrogen-bond donors (Lipinski definition) is 0. The van der Waals surface area contributed by atoms with E-state index in [9.17, 15) is 22.8 Å². The number of nitrogens with zero attached hydrogens (tertiary/aromatic N) is 2. The van der Waals surface area contributed by atoms with E-state index < -0.39 is 17.6 Å². The molecular formula is C21H21F3N2O3. The molecule has 0 unspecified atom stereocenters. The van der Waals surface area contributed by atoms with E-state index in [0.717, 1.165) is 12.1 Å². The molecule has 2 aromatic rings. The van der Waals surface area contributed by atoms with Crippen molar-refractivity contribution in [2.45, 2.75) is 25.9 Å². The summed E-state index contributed by atoms with van der Waals surface area (Å²) >= 11 is 0. The fourth-order valence-corrected chi connectivity index (χ4v) is 3.15. The molecule has 1 saturated heterocycles. The molecule has 29 heavy (non-hydrogen) atoms. The number of likely N-dealkylation sites (tertiary alicyclic amines) is 1. The Labute approximate surface area is 166 Å². The van der Waals surface area contributed by atoms with Crippen LogP contribution >= 0.6 is 0 Å². The maximum Gasteiger partial charge on any atom is 0.416 e. The second-order valence-electron chi connectivity index (χ2n) is 6.64. The standard InChI is InChI=1S/C21H21F3N2O3/c1-2-29-18-10-8-15(9-11-18)20(28)26(14-25-12-4-7-19(25)27)17-6-3-5-16(13-17)21(22,23)24/h3,5-6,8-11,13H,2,4,7,12,14H2,1H3. The summed E-state index contributed by atoms with van der Waals surface area (Å²) in [4.78, 5) is 27.9. The van der Waals surface area contributed by atoms with Crippen molar-refractivity contribution in [1.82, 2.24) is 4.90 Å². The number of carbonyl (C=O) groups is 2. The third kappa shape index (κ3) is 4.88. The summed E-state index contributed by atoms with van der Waals surface area (Å²) in [6, 6.07) is 10.9. The van der Waals surface area contributed by atoms with Gasteiger partial charge in [-0.3, -0.25) is 14.5 Å². The Morgan fingerprint density at radius 1 is 1.17 bits per heavy atom. The number of anilines is 1. The molecule has 154 valence electrons. The molecule has 5 nitrogen and oxygen atoms in total. The van der Waals surface area contributed by atoms with Crippen LogP contribution in [0.15, 0.2) is 48.5 Å². The van der Waals surface area contributed by atoms with Gasteiger partial charge in [-0.1, -0.05) is 6.07 Å². The molecule has 1 aliphatic rings. The van der Waals surface area contributed by atoms with Crippen LogP contribution < -0.4 is 9.64 Å². The summed E-state index contributed by atoms with van der Waals surface area (Å²) in [5.74, 6) is -0.0297. The van der Waals surface area contributed by atoms with Crippen LogP contribution in [0.5, 0.6) is 5.75 Å². The minimum Gasteiger partial charge on any atom is -0.494 e. The first-order valence-corrected chi connectivity index (χ1v) is 9.29. The lowest BCUT2D eigenvalue weighted by molar-refractivity contribution is -0.137. The molecule has 0 aromatic heterocycles. The van der Waals surface area contributed by atoms with Gasteiger partial charge in [0, 0.05) is 24.2 Å². The molecule has 0 bridgehead atoms. The van der Waals surface area contributed by atoms with Crippen LogP contribution in [0.2, 0.25) is 0 Å². The molecule has 0 aliphatic carbocycles.